The van der Waals surface area contributed by atoms with Crippen LogP contribution in [-0.4, -0.2) is 19.1 Å². The van der Waals surface area contributed by atoms with Crippen molar-refractivity contribution in [3.63, 3.8) is 0 Å². The van der Waals surface area contributed by atoms with Crippen LogP contribution in [-0.2, 0) is 6.54 Å². The van der Waals surface area contributed by atoms with Crippen LogP contribution < -0.4 is 14.8 Å². The molecule has 0 aliphatic carbocycles. The summed E-state index contributed by atoms with van der Waals surface area (Å²) in [6.07, 6.45) is 0. The summed E-state index contributed by atoms with van der Waals surface area (Å²) in [6.45, 7) is 11.5. The lowest BCUT2D eigenvalue weighted by Crippen LogP contribution is -2.24. The van der Waals surface area contributed by atoms with E-state index in [9.17, 15) is 4.79 Å². The van der Waals surface area contributed by atoms with Crippen molar-refractivity contribution in [2.24, 2.45) is 0 Å². The Morgan fingerprint density at radius 1 is 0.880 bits per heavy atom. The molecule has 0 heterocycles. The van der Waals surface area contributed by atoms with Crippen molar-refractivity contribution in [3.8, 4) is 11.5 Å². The lowest BCUT2D eigenvalue weighted by Gasteiger charge is -2.14. The predicted octanol–water partition coefficient (Wildman–Crippen LogP) is 4.34. The Balaban J connectivity index is 2.11. The summed E-state index contributed by atoms with van der Waals surface area (Å²) in [7, 11) is 0. The summed E-state index contributed by atoms with van der Waals surface area (Å²) in [5.74, 6) is 1.37. The molecule has 0 atom stereocenters. The van der Waals surface area contributed by atoms with Gasteiger partial charge < -0.3 is 14.8 Å². The van der Waals surface area contributed by atoms with Crippen LogP contribution in [0.4, 0.5) is 0 Å². The highest BCUT2D eigenvalue weighted by atomic mass is 16.5. The van der Waals surface area contributed by atoms with E-state index in [2.05, 4.69) is 12.2 Å². The van der Waals surface area contributed by atoms with E-state index < -0.39 is 0 Å². The van der Waals surface area contributed by atoms with Gasteiger partial charge in [-0.2, -0.15) is 0 Å². The maximum absolute atomic E-state index is 12.5. The molecule has 4 nitrogen and oxygen atoms in total. The van der Waals surface area contributed by atoms with Crippen molar-refractivity contribution in [1.29, 1.82) is 0 Å². The predicted molar refractivity (Wildman–Crippen MR) is 101 cm³/mol. The molecule has 134 valence electrons. The van der Waals surface area contributed by atoms with Gasteiger partial charge in [0, 0.05) is 12.1 Å². The lowest BCUT2D eigenvalue weighted by atomic mass is 10.0. The first-order chi connectivity index (χ1) is 12.0. The van der Waals surface area contributed by atoms with E-state index in [-0.39, 0.29) is 5.91 Å². The molecule has 0 radical (unpaired) electrons. The first kappa shape index (κ1) is 18.8. The number of hydrogen-bond acceptors (Lipinski definition) is 3. The molecule has 0 aliphatic heterocycles. The quantitative estimate of drug-likeness (QED) is 0.815. The molecular formula is C21H27NO3. The fourth-order valence-electron chi connectivity index (χ4n) is 2.69. The number of aryl methyl sites for hydroxylation is 3. The second-order valence-electron chi connectivity index (χ2n) is 6.08. The average molecular weight is 341 g/mol. The standard InChI is InChI=1S/C21H27NO3/c1-6-24-19-9-8-17(12-20(19)25-7-2)13-22-21(23)18-11-15(4)14(3)10-16(18)5/h8-12H,6-7,13H2,1-5H3,(H,22,23). The molecule has 0 fully saturated rings. The zero-order valence-corrected chi connectivity index (χ0v) is 15.7. The Morgan fingerprint density at radius 3 is 2.20 bits per heavy atom. The molecule has 0 aromatic heterocycles. The van der Waals surface area contributed by atoms with Crippen LogP contribution in [0.25, 0.3) is 0 Å². The molecule has 0 bridgehead atoms. The number of carbonyl (C=O) groups is 1. The van der Waals surface area contributed by atoms with Gasteiger partial charge >= 0.3 is 0 Å². The number of carbonyl (C=O) groups excluding carboxylic acids is 1. The Kier molecular flexibility index (Phi) is 6.45. The van der Waals surface area contributed by atoms with Gasteiger partial charge in [0.15, 0.2) is 11.5 Å². The van der Waals surface area contributed by atoms with Crippen molar-refractivity contribution in [1.82, 2.24) is 5.32 Å². The molecular weight excluding hydrogens is 314 g/mol. The summed E-state index contributed by atoms with van der Waals surface area (Å²) in [4.78, 5) is 12.5. The van der Waals surface area contributed by atoms with Gasteiger partial charge in [0.25, 0.3) is 5.91 Å². The molecule has 2 aromatic carbocycles. The van der Waals surface area contributed by atoms with Crippen molar-refractivity contribution in [2.45, 2.75) is 41.2 Å². The summed E-state index contributed by atoms with van der Waals surface area (Å²) in [5, 5.41) is 2.99. The van der Waals surface area contributed by atoms with Crippen LogP contribution >= 0.6 is 0 Å². The second-order valence-corrected chi connectivity index (χ2v) is 6.08. The topological polar surface area (TPSA) is 47.6 Å². The van der Waals surface area contributed by atoms with Gasteiger partial charge in [-0.25, -0.2) is 0 Å². The van der Waals surface area contributed by atoms with E-state index in [1.165, 1.54) is 5.56 Å². The van der Waals surface area contributed by atoms with Gasteiger partial charge in [0.05, 0.1) is 13.2 Å². The first-order valence-electron chi connectivity index (χ1n) is 8.70. The highest BCUT2D eigenvalue weighted by Crippen LogP contribution is 2.28. The fraction of sp³-hybridized carbons (Fsp3) is 0.381. The number of nitrogens with one attached hydrogen (secondary N) is 1. The van der Waals surface area contributed by atoms with Crippen LogP contribution in [0, 0.1) is 20.8 Å². The number of rotatable bonds is 7. The van der Waals surface area contributed by atoms with Gasteiger partial charge in [0.2, 0.25) is 0 Å². The normalized spacial score (nSPS) is 10.4. The minimum absolute atomic E-state index is 0.0626. The fourth-order valence-corrected chi connectivity index (χ4v) is 2.69. The third-order valence-corrected chi connectivity index (χ3v) is 4.15. The molecule has 25 heavy (non-hydrogen) atoms. The Hall–Kier alpha value is -2.49. The lowest BCUT2D eigenvalue weighted by molar-refractivity contribution is 0.0950. The maximum atomic E-state index is 12.5. The van der Waals surface area contributed by atoms with E-state index >= 15 is 0 Å². The van der Waals surface area contributed by atoms with Gasteiger partial charge in [-0.1, -0.05) is 12.1 Å². The minimum Gasteiger partial charge on any atom is -0.490 e. The molecule has 0 saturated heterocycles. The highest BCUT2D eigenvalue weighted by molar-refractivity contribution is 5.95. The third-order valence-electron chi connectivity index (χ3n) is 4.15. The van der Waals surface area contributed by atoms with Gasteiger partial charge in [-0.05, 0) is 75.1 Å². The molecule has 0 saturated carbocycles. The molecule has 0 unspecified atom stereocenters. The monoisotopic (exact) mass is 341 g/mol. The smallest absolute Gasteiger partial charge is 0.251 e. The Bertz CT molecular complexity index is 753. The van der Waals surface area contributed by atoms with Crippen molar-refractivity contribution >= 4 is 5.91 Å². The highest BCUT2D eigenvalue weighted by Gasteiger charge is 2.11. The van der Waals surface area contributed by atoms with Crippen molar-refractivity contribution < 1.29 is 14.3 Å². The molecule has 1 amide bonds. The molecule has 4 heteroatoms. The van der Waals surface area contributed by atoms with E-state index in [1.807, 2.05) is 58.0 Å². The molecule has 0 aliphatic rings. The number of amides is 1. The summed E-state index contributed by atoms with van der Waals surface area (Å²) in [5.41, 5.74) is 5.00. The van der Waals surface area contributed by atoms with Crippen molar-refractivity contribution in [2.75, 3.05) is 13.2 Å². The zero-order chi connectivity index (χ0) is 18.4. The first-order valence-corrected chi connectivity index (χ1v) is 8.70. The largest absolute Gasteiger partial charge is 0.490 e. The number of benzene rings is 2. The Morgan fingerprint density at radius 2 is 1.52 bits per heavy atom. The SMILES string of the molecule is CCOc1ccc(CNC(=O)c2cc(C)c(C)cc2C)cc1OCC. The van der Waals surface area contributed by atoms with Crippen LogP contribution in [0.3, 0.4) is 0 Å². The van der Waals surface area contributed by atoms with Gasteiger partial charge in [-0.3, -0.25) is 4.79 Å². The molecule has 1 N–H and O–H groups in total. The van der Waals surface area contributed by atoms with E-state index in [1.54, 1.807) is 0 Å². The van der Waals surface area contributed by atoms with E-state index in [4.69, 9.17) is 9.47 Å². The summed E-state index contributed by atoms with van der Waals surface area (Å²) < 4.78 is 11.2. The van der Waals surface area contributed by atoms with Crippen molar-refractivity contribution in [3.05, 3.63) is 58.1 Å². The molecule has 2 rings (SSSR count). The zero-order valence-electron chi connectivity index (χ0n) is 15.7. The van der Waals surface area contributed by atoms with Crippen LogP contribution in [0.15, 0.2) is 30.3 Å². The minimum atomic E-state index is -0.0626. The van der Waals surface area contributed by atoms with Crippen LogP contribution in [0.2, 0.25) is 0 Å². The molecule has 0 spiro atoms. The maximum Gasteiger partial charge on any atom is 0.251 e. The van der Waals surface area contributed by atoms with Crippen LogP contribution in [0.1, 0.15) is 46.5 Å². The van der Waals surface area contributed by atoms with Crippen LogP contribution in [0.5, 0.6) is 11.5 Å². The van der Waals surface area contributed by atoms with Gasteiger partial charge in [0.1, 0.15) is 0 Å². The number of ether oxygens (including phenoxy) is 2. The third kappa shape index (κ3) is 4.75. The van der Waals surface area contributed by atoms with Gasteiger partial charge in [-0.15, -0.1) is 0 Å². The molecule has 2 aromatic rings. The number of hydrogen-bond donors (Lipinski definition) is 1. The Labute approximate surface area is 150 Å². The summed E-state index contributed by atoms with van der Waals surface area (Å²) in [6, 6.07) is 9.75. The average Bonchev–Trinajstić information content (AvgIpc) is 2.58. The van der Waals surface area contributed by atoms with E-state index in [0.717, 1.165) is 28.0 Å². The van der Waals surface area contributed by atoms with E-state index in [0.29, 0.717) is 25.5 Å². The summed E-state index contributed by atoms with van der Waals surface area (Å²) >= 11 is 0. The second kappa shape index (κ2) is 8.56.